The van der Waals surface area contributed by atoms with Crippen molar-refractivity contribution in [1.29, 1.82) is 0 Å². The molecule has 8 nitrogen and oxygen atoms in total. The predicted molar refractivity (Wildman–Crippen MR) is 116 cm³/mol. The number of pyridine rings is 1. The number of aromatic nitrogens is 1. The molecule has 0 fully saturated rings. The van der Waals surface area contributed by atoms with Crippen LogP contribution in [0.3, 0.4) is 0 Å². The number of H-pyrrole nitrogens is 1. The molecule has 8 heteroatoms. The van der Waals surface area contributed by atoms with E-state index in [0.29, 0.717) is 11.1 Å². The molecule has 2 aromatic carbocycles. The van der Waals surface area contributed by atoms with Crippen LogP contribution in [0.5, 0.6) is 11.5 Å². The first-order chi connectivity index (χ1) is 15.3. The number of hydrogen-bond acceptors (Lipinski definition) is 7. The van der Waals surface area contributed by atoms with Gasteiger partial charge in [0.25, 0.3) is 5.56 Å². The first-order valence-electron chi connectivity index (χ1n) is 9.93. The van der Waals surface area contributed by atoms with Crippen molar-refractivity contribution in [3.8, 4) is 11.5 Å². The lowest BCUT2D eigenvalue weighted by Crippen LogP contribution is -2.27. The van der Waals surface area contributed by atoms with Crippen LogP contribution in [0.15, 0.2) is 50.4 Å². The lowest BCUT2D eigenvalue weighted by Gasteiger charge is -2.27. The van der Waals surface area contributed by atoms with Gasteiger partial charge < -0.3 is 19.2 Å². The highest BCUT2D eigenvalue weighted by Gasteiger charge is 2.38. The van der Waals surface area contributed by atoms with Crippen molar-refractivity contribution in [1.82, 2.24) is 4.98 Å². The number of Topliss-reactive ketones (excluding diaryl/α,β-unsaturated/α-hetero) is 1. The highest BCUT2D eigenvalue weighted by molar-refractivity contribution is 6.09. The van der Waals surface area contributed by atoms with Gasteiger partial charge in [0.15, 0.2) is 11.5 Å². The molecule has 0 saturated carbocycles. The number of nitrogens with one attached hydrogen (secondary N) is 1. The van der Waals surface area contributed by atoms with Crippen LogP contribution in [0.1, 0.15) is 46.3 Å². The van der Waals surface area contributed by atoms with E-state index in [1.807, 2.05) is 12.1 Å². The summed E-state index contributed by atoms with van der Waals surface area (Å²) >= 11 is 0. The molecule has 1 unspecified atom stereocenters. The number of aromatic hydroxyl groups is 1. The summed E-state index contributed by atoms with van der Waals surface area (Å²) in [6.07, 6.45) is -0.205. The highest BCUT2D eigenvalue weighted by atomic mass is 16.5. The summed E-state index contributed by atoms with van der Waals surface area (Å²) in [5.74, 6) is -2.69. The van der Waals surface area contributed by atoms with E-state index in [1.165, 1.54) is 13.0 Å². The topological polar surface area (TPSA) is 127 Å². The molecule has 3 heterocycles. The van der Waals surface area contributed by atoms with E-state index in [4.69, 9.17) is 9.15 Å². The van der Waals surface area contributed by atoms with Crippen LogP contribution in [0, 0.1) is 6.92 Å². The molecular weight excluding hydrogens is 414 g/mol. The first kappa shape index (κ1) is 19.7. The van der Waals surface area contributed by atoms with Crippen molar-refractivity contribution in [3.05, 3.63) is 79.4 Å². The Kier molecular flexibility index (Phi) is 4.27. The standard InChI is InChI=1S/C24H17NO7/c1-10-7-16(27)31-22-18(10)21(29)19(11(2)26)23-20(22)13(9-17(28)32-23)14-8-12-5-3-4-6-15(12)25-24(14)30/h3-8,13,29H,9H2,1-2H3,(H,25,30). The van der Waals surface area contributed by atoms with Crippen LogP contribution in [-0.4, -0.2) is 21.8 Å². The molecule has 160 valence electrons. The Bertz CT molecular complexity index is 1590. The molecule has 0 bridgehead atoms. The van der Waals surface area contributed by atoms with Gasteiger partial charge in [-0.25, -0.2) is 4.79 Å². The molecule has 32 heavy (non-hydrogen) atoms. The number of aryl methyl sites for hydroxylation is 1. The molecule has 4 aromatic rings. The average molecular weight is 431 g/mol. The van der Waals surface area contributed by atoms with Gasteiger partial charge >= 0.3 is 11.6 Å². The Balaban J connectivity index is 1.95. The van der Waals surface area contributed by atoms with Crippen molar-refractivity contribution < 1.29 is 23.8 Å². The highest BCUT2D eigenvalue weighted by Crippen LogP contribution is 2.49. The zero-order valence-electron chi connectivity index (χ0n) is 17.1. The largest absolute Gasteiger partial charge is 0.506 e. The summed E-state index contributed by atoms with van der Waals surface area (Å²) in [6.45, 7) is 2.83. The van der Waals surface area contributed by atoms with Gasteiger partial charge in [0.1, 0.15) is 16.9 Å². The molecule has 1 aliphatic heterocycles. The van der Waals surface area contributed by atoms with Crippen LogP contribution < -0.4 is 15.9 Å². The lowest BCUT2D eigenvalue weighted by molar-refractivity contribution is -0.135. The van der Waals surface area contributed by atoms with Gasteiger partial charge in [0.2, 0.25) is 0 Å². The van der Waals surface area contributed by atoms with Crippen LogP contribution >= 0.6 is 0 Å². The fraction of sp³-hybridized carbons (Fsp3) is 0.167. The molecule has 2 aromatic heterocycles. The number of phenolic OH excluding ortho intramolecular Hbond substituents is 1. The van der Waals surface area contributed by atoms with Gasteiger partial charge in [0, 0.05) is 28.6 Å². The van der Waals surface area contributed by atoms with Gasteiger partial charge in [-0.2, -0.15) is 0 Å². The maximum absolute atomic E-state index is 13.0. The zero-order valence-corrected chi connectivity index (χ0v) is 17.1. The summed E-state index contributed by atoms with van der Waals surface area (Å²) in [5, 5.41) is 11.8. The maximum atomic E-state index is 13.0. The van der Waals surface area contributed by atoms with Crippen molar-refractivity contribution in [2.75, 3.05) is 0 Å². The second kappa shape index (κ2) is 6.91. The number of ether oxygens (including phenoxy) is 1. The maximum Gasteiger partial charge on any atom is 0.336 e. The lowest BCUT2D eigenvalue weighted by atomic mass is 9.83. The molecule has 0 spiro atoms. The van der Waals surface area contributed by atoms with Crippen LogP contribution in [0.4, 0.5) is 0 Å². The third-order valence-electron chi connectivity index (χ3n) is 5.79. The fourth-order valence-corrected chi connectivity index (χ4v) is 4.43. The number of esters is 1. The summed E-state index contributed by atoms with van der Waals surface area (Å²) in [7, 11) is 0. The number of rotatable bonds is 2. The van der Waals surface area contributed by atoms with Gasteiger partial charge in [-0.3, -0.25) is 14.4 Å². The third kappa shape index (κ3) is 2.84. The fourth-order valence-electron chi connectivity index (χ4n) is 4.43. The average Bonchev–Trinajstić information content (AvgIpc) is 2.71. The number of aromatic amines is 1. The van der Waals surface area contributed by atoms with Gasteiger partial charge in [-0.15, -0.1) is 0 Å². The minimum atomic E-state index is -0.856. The number of phenols is 1. The molecule has 0 aliphatic carbocycles. The second-order valence-corrected chi connectivity index (χ2v) is 7.85. The van der Waals surface area contributed by atoms with Gasteiger partial charge in [-0.05, 0) is 36.9 Å². The smallest absolute Gasteiger partial charge is 0.336 e. The number of ketones is 1. The molecule has 2 N–H and O–H groups in total. The Morgan fingerprint density at radius 1 is 1.16 bits per heavy atom. The van der Waals surface area contributed by atoms with E-state index in [2.05, 4.69) is 4.98 Å². The quantitative estimate of drug-likeness (QED) is 0.216. The third-order valence-corrected chi connectivity index (χ3v) is 5.79. The Morgan fingerprint density at radius 3 is 2.66 bits per heavy atom. The van der Waals surface area contributed by atoms with Crippen molar-refractivity contribution in [2.45, 2.75) is 26.2 Å². The number of carbonyl (C=O) groups is 2. The summed E-state index contributed by atoms with van der Waals surface area (Å²) < 4.78 is 10.8. The second-order valence-electron chi connectivity index (χ2n) is 7.85. The van der Waals surface area contributed by atoms with Crippen LogP contribution in [-0.2, 0) is 4.79 Å². The molecule has 5 rings (SSSR count). The van der Waals surface area contributed by atoms with Gasteiger partial charge in [0.05, 0.1) is 11.8 Å². The number of carbonyl (C=O) groups excluding carboxylic acids is 2. The Hall–Kier alpha value is -4.20. The van der Waals surface area contributed by atoms with Crippen molar-refractivity contribution >= 4 is 33.6 Å². The van der Waals surface area contributed by atoms with Crippen LogP contribution in [0.2, 0.25) is 0 Å². The minimum Gasteiger partial charge on any atom is -0.506 e. The van der Waals surface area contributed by atoms with Gasteiger partial charge in [-0.1, -0.05) is 18.2 Å². The molecular formula is C24H17NO7. The number of para-hydroxylation sites is 1. The number of fused-ring (bicyclic) bond motifs is 4. The van der Waals surface area contributed by atoms with Crippen LogP contribution in [0.25, 0.3) is 21.9 Å². The molecule has 1 atom stereocenters. The molecule has 0 amide bonds. The van der Waals surface area contributed by atoms with Crippen molar-refractivity contribution in [3.63, 3.8) is 0 Å². The molecule has 1 aliphatic rings. The SMILES string of the molecule is CC(=O)c1c2c(c3oc(=O)cc(C)c3c1O)C(c1cc3ccccc3[nH]c1=O)CC(=O)O2. The van der Waals surface area contributed by atoms with E-state index in [-0.39, 0.29) is 39.8 Å². The van der Waals surface area contributed by atoms with Crippen molar-refractivity contribution in [2.24, 2.45) is 0 Å². The summed E-state index contributed by atoms with van der Waals surface area (Å²) in [5.41, 5.74) is 0.184. The van der Waals surface area contributed by atoms with E-state index in [0.717, 1.165) is 5.39 Å². The molecule has 0 saturated heterocycles. The Labute approximate surface area is 180 Å². The van der Waals surface area contributed by atoms with E-state index >= 15 is 0 Å². The normalized spacial score (nSPS) is 15.6. The Morgan fingerprint density at radius 2 is 1.91 bits per heavy atom. The minimum absolute atomic E-state index is 0.0161. The van der Waals surface area contributed by atoms with E-state index in [9.17, 15) is 24.3 Å². The summed E-state index contributed by atoms with van der Waals surface area (Å²) in [4.78, 5) is 52.9. The zero-order chi connectivity index (χ0) is 22.7. The number of hydrogen-bond donors (Lipinski definition) is 2. The van der Waals surface area contributed by atoms with E-state index in [1.54, 1.807) is 25.1 Å². The van der Waals surface area contributed by atoms with E-state index < -0.39 is 34.6 Å². The monoisotopic (exact) mass is 431 g/mol. The first-order valence-corrected chi connectivity index (χ1v) is 9.93. The predicted octanol–water partition coefficient (Wildman–Crippen LogP) is 3.29. The molecule has 0 radical (unpaired) electrons. The summed E-state index contributed by atoms with van der Waals surface area (Å²) in [6, 6.07) is 10.0. The number of benzene rings is 2.